The molecule has 3 aliphatic rings. The van der Waals surface area contributed by atoms with Crippen molar-refractivity contribution in [2.24, 2.45) is 4.99 Å². The lowest BCUT2D eigenvalue weighted by Crippen LogP contribution is -2.61. The van der Waals surface area contributed by atoms with Gasteiger partial charge < -0.3 is 60.0 Å². The van der Waals surface area contributed by atoms with Crippen LogP contribution in [0.1, 0.15) is 18.4 Å². The number of aliphatic hydroxyl groups excluding tert-OH is 3. The number of hydrogen-bond donors (Lipinski definition) is 8. The van der Waals surface area contributed by atoms with Gasteiger partial charge in [0.1, 0.15) is 36.5 Å². The second-order valence-corrected chi connectivity index (χ2v) is 10.2. The summed E-state index contributed by atoms with van der Waals surface area (Å²) < 4.78 is 15.8. The molecule has 1 fully saturated rings. The van der Waals surface area contributed by atoms with Crippen LogP contribution in [0.3, 0.4) is 0 Å². The lowest BCUT2D eigenvalue weighted by atomic mass is 9.99. The number of benzene rings is 1. The molecule has 1 aromatic carbocycles. The molecule has 18 heteroatoms. The second-order valence-electron chi connectivity index (χ2n) is 10.2. The molecule has 45 heavy (non-hydrogen) atoms. The Kier molecular flexibility index (Phi) is 9.72. The number of anilines is 1. The van der Waals surface area contributed by atoms with E-state index in [-0.39, 0.29) is 29.9 Å². The van der Waals surface area contributed by atoms with E-state index in [4.69, 9.17) is 19.3 Å². The van der Waals surface area contributed by atoms with Gasteiger partial charge in [-0.3, -0.25) is 14.6 Å². The molecule has 242 valence electrons. The van der Waals surface area contributed by atoms with Gasteiger partial charge in [-0.25, -0.2) is 14.4 Å². The number of esters is 1. The maximum atomic E-state index is 12.1. The molecule has 0 amide bonds. The van der Waals surface area contributed by atoms with Crippen LogP contribution in [-0.2, 0) is 39.9 Å². The Balaban J connectivity index is 1.56. The molecular formula is C27H28N2O16. The van der Waals surface area contributed by atoms with Crippen LogP contribution in [0.5, 0.6) is 11.5 Å². The Morgan fingerprint density at radius 2 is 1.73 bits per heavy atom. The summed E-state index contributed by atoms with van der Waals surface area (Å²) in [6, 6.07) is -0.182. The standard InChI is InChI=1S/C27H28N2O16/c30-9-18-23(45-20(34)8-19(32)33)21(35)22(36)27(44-18)43-17-6-11-5-15(26(41)42)29(14(11)7-16(17)31)2-1-10-3-12(24(37)38)28-13(4-10)25(39)40/h1-3,6-7,13,15,18,21-23,27,30-31,35-36H,4-5,8-9H2,(H,32,33)(H,37,38)(H,39,40)(H,41,42). The average Bonchev–Trinajstić information content (AvgIpc) is 3.32. The Labute approximate surface area is 252 Å². The third-order valence-electron chi connectivity index (χ3n) is 7.10. The molecule has 8 N–H and O–H groups in total. The smallest absolute Gasteiger partial charge is 0.354 e. The molecule has 0 radical (unpaired) electrons. The Morgan fingerprint density at radius 1 is 1.02 bits per heavy atom. The summed E-state index contributed by atoms with van der Waals surface area (Å²) in [5.41, 5.74) is 0.281. The molecule has 18 nitrogen and oxygen atoms in total. The molecule has 7 unspecified atom stereocenters. The molecular weight excluding hydrogens is 608 g/mol. The summed E-state index contributed by atoms with van der Waals surface area (Å²) in [6.45, 7) is -0.851. The predicted molar refractivity (Wildman–Crippen MR) is 145 cm³/mol. The van der Waals surface area contributed by atoms with Crippen molar-refractivity contribution in [1.29, 1.82) is 0 Å². The number of aliphatic hydroxyl groups is 3. The maximum Gasteiger partial charge on any atom is 0.354 e. The summed E-state index contributed by atoms with van der Waals surface area (Å²) in [7, 11) is 0. The second kappa shape index (κ2) is 13.3. The van der Waals surface area contributed by atoms with E-state index < -0.39 is 97.1 Å². The largest absolute Gasteiger partial charge is 0.504 e. The van der Waals surface area contributed by atoms with Crippen molar-refractivity contribution >= 4 is 41.2 Å². The van der Waals surface area contributed by atoms with Crippen LogP contribution in [0.15, 0.2) is 41.1 Å². The first-order valence-corrected chi connectivity index (χ1v) is 13.2. The number of carboxylic acids is 4. The first kappa shape index (κ1) is 32.9. The van der Waals surface area contributed by atoms with Crippen molar-refractivity contribution in [2.45, 2.75) is 62.1 Å². The van der Waals surface area contributed by atoms with E-state index in [0.717, 1.165) is 12.1 Å². The van der Waals surface area contributed by atoms with Crippen LogP contribution in [0.2, 0.25) is 0 Å². The molecule has 0 bridgehead atoms. The minimum absolute atomic E-state index is 0.123. The van der Waals surface area contributed by atoms with E-state index in [0.29, 0.717) is 5.56 Å². The molecule has 0 aromatic heterocycles. The van der Waals surface area contributed by atoms with Crippen molar-refractivity contribution in [2.75, 3.05) is 11.5 Å². The Hall–Kier alpha value is -5.04. The topological polar surface area (TPSA) is 290 Å². The first-order valence-electron chi connectivity index (χ1n) is 13.2. The molecule has 4 rings (SSSR count). The molecule has 0 spiro atoms. The molecule has 3 heterocycles. The highest BCUT2D eigenvalue weighted by Gasteiger charge is 2.48. The summed E-state index contributed by atoms with van der Waals surface area (Å²) >= 11 is 0. The van der Waals surface area contributed by atoms with Gasteiger partial charge in [-0.1, -0.05) is 0 Å². The lowest BCUT2D eigenvalue weighted by molar-refractivity contribution is -0.281. The van der Waals surface area contributed by atoms with Gasteiger partial charge >= 0.3 is 29.8 Å². The van der Waals surface area contributed by atoms with Crippen LogP contribution in [0.25, 0.3) is 0 Å². The van der Waals surface area contributed by atoms with E-state index in [1.165, 1.54) is 23.2 Å². The number of phenols is 1. The van der Waals surface area contributed by atoms with Crippen molar-refractivity contribution < 1.29 is 79.0 Å². The molecule has 1 saturated heterocycles. The van der Waals surface area contributed by atoms with E-state index in [1.807, 2.05) is 0 Å². The van der Waals surface area contributed by atoms with Crippen molar-refractivity contribution in [1.82, 2.24) is 0 Å². The highest BCUT2D eigenvalue weighted by molar-refractivity contribution is 6.41. The number of phenolic OH excluding ortho intramolecular Hbond substituents is 1. The quantitative estimate of drug-likeness (QED) is 0.0985. The van der Waals surface area contributed by atoms with Crippen molar-refractivity contribution in [3.63, 3.8) is 0 Å². The number of dihydropyridines is 1. The number of fused-ring (bicyclic) bond motifs is 1. The fraction of sp³-hybridized carbons (Fsp3) is 0.407. The Morgan fingerprint density at radius 3 is 2.33 bits per heavy atom. The minimum Gasteiger partial charge on any atom is -0.504 e. The monoisotopic (exact) mass is 636 g/mol. The normalized spacial score (nSPS) is 27.7. The van der Waals surface area contributed by atoms with Crippen LogP contribution in [0, 0.1) is 0 Å². The van der Waals surface area contributed by atoms with E-state index >= 15 is 0 Å². The number of aromatic hydroxyl groups is 1. The first-order chi connectivity index (χ1) is 21.2. The number of carbonyl (C=O) groups is 5. The van der Waals surface area contributed by atoms with Gasteiger partial charge in [-0.15, -0.1) is 0 Å². The number of carboxylic acid groups (broad SMARTS) is 4. The van der Waals surface area contributed by atoms with Crippen molar-refractivity contribution in [3.05, 3.63) is 41.6 Å². The zero-order valence-electron chi connectivity index (χ0n) is 23.0. The predicted octanol–water partition coefficient (Wildman–Crippen LogP) is -1.77. The summed E-state index contributed by atoms with van der Waals surface area (Å²) in [6.07, 6.45) is -6.27. The van der Waals surface area contributed by atoms with Crippen LogP contribution in [-0.4, -0.2) is 126 Å². The van der Waals surface area contributed by atoms with Gasteiger partial charge in [0.15, 0.2) is 23.6 Å². The Bertz CT molecular complexity index is 1480. The van der Waals surface area contributed by atoms with E-state index in [9.17, 15) is 59.7 Å². The highest BCUT2D eigenvalue weighted by Crippen LogP contribution is 2.42. The number of carbonyl (C=O) groups excluding carboxylic acids is 1. The lowest BCUT2D eigenvalue weighted by Gasteiger charge is -2.41. The summed E-state index contributed by atoms with van der Waals surface area (Å²) in [5.74, 6) is -7.73. The molecule has 0 aliphatic carbocycles. The SMILES string of the molecule is O=C(O)CC(=O)OC1C(CO)OC(Oc2cc3c(cc2O)N(C=CC2=CC(C(=O)O)=NC(C(=O)O)C2)C(C(=O)O)C3)C(O)C1O. The third kappa shape index (κ3) is 7.20. The molecule has 3 aliphatic heterocycles. The number of aliphatic carboxylic acids is 4. The van der Waals surface area contributed by atoms with Gasteiger partial charge in [0.05, 0.1) is 6.61 Å². The number of aliphatic imine (C=N–C) groups is 1. The number of hydrogen-bond acceptors (Lipinski definition) is 14. The van der Waals surface area contributed by atoms with Crippen LogP contribution >= 0.6 is 0 Å². The molecule has 1 aromatic rings. The number of allylic oxidation sites excluding steroid dienone is 1. The fourth-order valence-corrected chi connectivity index (χ4v) is 4.96. The van der Waals surface area contributed by atoms with E-state index in [1.54, 1.807) is 0 Å². The minimum atomic E-state index is -1.92. The average molecular weight is 637 g/mol. The van der Waals surface area contributed by atoms with Gasteiger partial charge in [-0.05, 0) is 29.4 Å². The van der Waals surface area contributed by atoms with Crippen LogP contribution in [0.4, 0.5) is 5.69 Å². The highest BCUT2D eigenvalue weighted by atomic mass is 16.7. The zero-order chi connectivity index (χ0) is 33.2. The number of ether oxygens (including phenoxy) is 3. The van der Waals surface area contributed by atoms with E-state index in [2.05, 4.69) is 4.99 Å². The van der Waals surface area contributed by atoms with Crippen molar-refractivity contribution in [3.8, 4) is 11.5 Å². The van der Waals surface area contributed by atoms with Gasteiger partial charge in [-0.2, -0.15) is 0 Å². The molecule has 0 saturated carbocycles. The zero-order valence-corrected chi connectivity index (χ0v) is 23.0. The van der Waals surface area contributed by atoms with Gasteiger partial charge in [0.25, 0.3) is 0 Å². The van der Waals surface area contributed by atoms with Gasteiger partial charge in [0.2, 0.25) is 6.29 Å². The maximum absolute atomic E-state index is 12.1. The third-order valence-corrected chi connectivity index (χ3v) is 7.10. The van der Waals surface area contributed by atoms with Gasteiger partial charge in [0, 0.05) is 30.8 Å². The molecule has 7 atom stereocenters. The summed E-state index contributed by atoms with van der Waals surface area (Å²) in [4.78, 5) is 62.4. The van der Waals surface area contributed by atoms with Crippen LogP contribution < -0.4 is 9.64 Å². The number of rotatable bonds is 11. The number of nitrogens with zero attached hydrogens (tertiary/aromatic N) is 2. The summed E-state index contributed by atoms with van der Waals surface area (Å²) in [5, 5.41) is 78.7. The fourth-order valence-electron chi connectivity index (χ4n) is 4.96.